The third-order valence-electron chi connectivity index (χ3n) is 1.96. The van der Waals surface area contributed by atoms with Gasteiger partial charge in [0, 0.05) is 12.6 Å². The minimum atomic E-state index is -0.114. The Bertz CT molecular complexity index is 203. The second-order valence-corrected chi connectivity index (χ2v) is 3.14. The Morgan fingerprint density at radius 2 is 2.42 bits per heavy atom. The Morgan fingerprint density at radius 1 is 1.75 bits per heavy atom. The molecule has 1 fully saturated rings. The van der Waals surface area contributed by atoms with Gasteiger partial charge in [0.15, 0.2) is 0 Å². The number of Topliss-reactive ketones (excluding diaryl/α,β-unsaturated/α-hetero) is 1. The first-order valence-electron chi connectivity index (χ1n) is 4.18. The van der Waals surface area contributed by atoms with E-state index in [0.717, 1.165) is 6.42 Å². The van der Waals surface area contributed by atoms with Crippen LogP contribution >= 0.6 is 0 Å². The summed E-state index contributed by atoms with van der Waals surface area (Å²) in [5, 5.41) is 2.79. The quantitative estimate of drug-likeness (QED) is 0.665. The first-order chi connectivity index (χ1) is 5.63. The Morgan fingerprint density at radius 3 is 2.83 bits per heavy atom. The van der Waals surface area contributed by atoms with Gasteiger partial charge in [-0.3, -0.25) is 4.79 Å². The molecule has 0 aromatic carbocycles. The fraction of sp³-hybridized carbons (Fsp3) is 0.750. The molecule has 1 unspecified atom stereocenters. The van der Waals surface area contributed by atoms with Crippen LogP contribution in [-0.2, 0) is 4.79 Å². The van der Waals surface area contributed by atoms with Crippen molar-refractivity contribution >= 4 is 11.8 Å². The van der Waals surface area contributed by atoms with Gasteiger partial charge in [-0.1, -0.05) is 6.92 Å². The molecule has 0 aliphatic carbocycles. The number of hydrogen-bond acceptors (Lipinski definition) is 2. The van der Waals surface area contributed by atoms with Crippen LogP contribution in [0.3, 0.4) is 0 Å². The smallest absolute Gasteiger partial charge is 0.318 e. The number of amides is 2. The summed E-state index contributed by atoms with van der Waals surface area (Å²) in [6.45, 7) is 4.41. The van der Waals surface area contributed by atoms with Crippen LogP contribution in [0.25, 0.3) is 0 Å². The average molecular weight is 170 g/mol. The van der Waals surface area contributed by atoms with E-state index in [4.69, 9.17) is 0 Å². The van der Waals surface area contributed by atoms with Crippen LogP contribution < -0.4 is 5.32 Å². The van der Waals surface area contributed by atoms with Crippen molar-refractivity contribution in [3.05, 3.63) is 0 Å². The van der Waals surface area contributed by atoms with Crippen molar-refractivity contribution in [2.24, 2.45) is 0 Å². The highest BCUT2D eigenvalue weighted by Crippen LogP contribution is 2.05. The lowest BCUT2D eigenvalue weighted by Crippen LogP contribution is -2.32. The molecule has 1 saturated heterocycles. The zero-order chi connectivity index (χ0) is 9.14. The van der Waals surface area contributed by atoms with E-state index < -0.39 is 0 Å². The molecular weight excluding hydrogens is 156 g/mol. The van der Waals surface area contributed by atoms with Gasteiger partial charge in [-0.2, -0.15) is 0 Å². The van der Waals surface area contributed by atoms with Crippen LogP contribution in [0.2, 0.25) is 0 Å². The van der Waals surface area contributed by atoms with Gasteiger partial charge in [0.25, 0.3) is 0 Å². The Labute approximate surface area is 71.9 Å². The third kappa shape index (κ3) is 1.96. The first-order valence-corrected chi connectivity index (χ1v) is 4.18. The summed E-state index contributed by atoms with van der Waals surface area (Å²) in [5.74, 6) is 0.0295. The predicted molar refractivity (Wildman–Crippen MR) is 44.9 cm³/mol. The molecule has 4 nitrogen and oxygen atoms in total. The SMILES string of the molecule is CCC1CN(CC(C)=O)C(=O)N1. The van der Waals surface area contributed by atoms with Gasteiger partial charge >= 0.3 is 6.03 Å². The van der Waals surface area contributed by atoms with E-state index in [9.17, 15) is 9.59 Å². The van der Waals surface area contributed by atoms with Crippen LogP contribution in [0, 0.1) is 0 Å². The minimum absolute atomic E-state index is 0.0295. The lowest BCUT2D eigenvalue weighted by molar-refractivity contribution is -0.117. The van der Waals surface area contributed by atoms with E-state index in [2.05, 4.69) is 5.32 Å². The van der Waals surface area contributed by atoms with Gasteiger partial charge in [-0.05, 0) is 13.3 Å². The summed E-state index contributed by atoms with van der Waals surface area (Å²) in [6, 6.07) is 0.105. The fourth-order valence-corrected chi connectivity index (χ4v) is 1.30. The summed E-state index contributed by atoms with van der Waals surface area (Å²) in [7, 11) is 0. The van der Waals surface area contributed by atoms with Gasteiger partial charge in [-0.15, -0.1) is 0 Å². The van der Waals surface area contributed by atoms with Crippen molar-refractivity contribution < 1.29 is 9.59 Å². The summed E-state index contributed by atoms with van der Waals surface area (Å²) < 4.78 is 0. The molecular formula is C8H14N2O2. The van der Waals surface area contributed by atoms with Gasteiger partial charge in [-0.25, -0.2) is 4.79 Å². The molecule has 4 heteroatoms. The van der Waals surface area contributed by atoms with Crippen LogP contribution in [0.15, 0.2) is 0 Å². The Balaban J connectivity index is 2.46. The molecule has 2 amide bonds. The molecule has 68 valence electrons. The van der Waals surface area contributed by atoms with Crippen molar-refractivity contribution in [2.75, 3.05) is 13.1 Å². The van der Waals surface area contributed by atoms with E-state index in [0.29, 0.717) is 6.54 Å². The number of carbonyl (C=O) groups excluding carboxylic acids is 2. The molecule has 1 aliphatic rings. The van der Waals surface area contributed by atoms with Crippen molar-refractivity contribution in [3.63, 3.8) is 0 Å². The Hall–Kier alpha value is -1.06. The molecule has 1 aliphatic heterocycles. The molecule has 0 radical (unpaired) electrons. The van der Waals surface area contributed by atoms with E-state index in [-0.39, 0.29) is 24.4 Å². The minimum Gasteiger partial charge on any atom is -0.333 e. The number of hydrogen-bond donors (Lipinski definition) is 1. The number of urea groups is 1. The lowest BCUT2D eigenvalue weighted by Gasteiger charge is -2.11. The molecule has 1 atom stereocenters. The molecule has 1 heterocycles. The second kappa shape index (κ2) is 3.56. The van der Waals surface area contributed by atoms with Gasteiger partial charge in [0.05, 0.1) is 6.54 Å². The number of nitrogens with zero attached hydrogens (tertiary/aromatic N) is 1. The number of rotatable bonds is 3. The monoisotopic (exact) mass is 170 g/mol. The molecule has 0 bridgehead atoms. The maximum atomic E-state index is 11.1. The standard InChI is InChI=1S/C8H14N2O2/c1-3-7-5-10(4-6(2)11)8(12)9-7/h7H,3-5H2,1-2H3,(H,9,12). The molecule has 1 rings (SSSR count). The highest BCUT2D eigenvalue weighted by Gasteiger charge is 2.27. The van der Waals surface area contributed by atoms with Crippen molar-refractivity contribution in [3.8, 4) is 0 Å². The highest BCUT2D eigenvalue weighted by molar-refractivity contribution is 5.85. The van der Waals surface area contributed by atoms with E-state index in [1.807, 2.05) is 6.92 Å². The van der Waals surface area contributed by atoms with E-state index >= 15 is 0 Å². The van der Waals surface area contributed by atoms with Crippen LogP contribution in [0.5, 0.6) is 0 Å². The summed E-state index contributed by atoms with van der Waals surface area (Å²) >= 11 is 0. The largest absolute Gasteiger partial charge is 0.333 e. The van der Waals surface area contributed by atoms with Crippen LogP contribution in [0.1, 0.15) is 20.3 Å². The van der Waals surface area contributed by atoms with Gasteiger partial charge in [0.2, 0.25) is 0 Å². The molecule has 0 spiro atoms. The normalized spacial score (nSPS) is 22.7. The van der Waals surface area contributed by atoms with Crippen molar-refractivity contribution in [1.29, 1.82) is 0 Å². The maximum Gasteiger partial charge on any atom is 0.318 e. The highest BCUT2D eigenvalue weighted by atomic mass is 16.2. The fourth-order valence-electron chi connectivity index (χ4n) is 1.30. The van der Waals surface area contributed by atoms with Crippen LogP contribution in [0.4, 0.5) is 4.79 Å². The van der Waals surface area contributed by atoms with E-state index in [1.165, 1.54) is 6.92 Å². The zero-order valence-electron chi connectivity index (χ0n) is 7.46. The number of ketones is 1. The molecule has 0 aromatic rings. The summed E-state index contributed by atoms with van der Waals surface area (Å²) in [5.41, 5.74) is 0. The Kier molecular flexibility index (Phi) is 2.68. The average Bonchev–Trinajstić information content (AvgIpc) is 2.31. The van der Waals surface area contributed by atoms with Crippen LogP contribution in [-0.4, -0.2) is 35.8 Å². The second-order valence-electron chi connectivity index (χ2n) is 3.14. The van der Waals surface area contributed by atoms with Gasteiger partial charge in [0.1, 0.15) is 5.78 Å². The zero-order valence-corrected chi connectivity index (χ0v) is 7.46. The molecule has 1 N–H and O–H groups in total. The summed E-state index contributed by atoms with van der Waals surface area (Å²) in [4.78, 5) is 23.4. The molecule has 12 heavy (non-hydrogen) atoms. The van der Waals surface area contributed by atoms with E-state index in [1.54, 1.807) is 4.90 Å². The van der Waals surface area contributed by atoms with Gasteiger partial charge < -0.3 is 10.2 Å². The maximum absolute atomic E-state index is 11.1. The first kappa shape index (κ1) is 9.03. The summed E-state index contributed by atoms with van der Waals surface area (Å²) in [6.07, 6.45) is 0.917. The molecule has 0 saturated carbocycles. The van der Waals surface area contributed by atoms with Crippen molar-refractivity contribution in [2.45, 2.75) is 26.3 Å². The van der Waals surface area contributed by atoms with Crippen molar-refractivity contribution in [1.82, 2.24) is 10.2 Å². The number of nitrogens with one attached hydrogen (secondary N) is 1. The lowest BCUT2D eigenvalue weighted by atomic mass is 10.2. The third-order valence-corrected chi connectivity index (χ3v) is 1.96. The predicted octanol–water partition coefficient (Wildman–Crippen LogP) is 0.379. The topological polar surface area (TPSA) is 49.4 Å². The molecule has 0 aromatic heterocycles. The number of carbonyl (C=O) groups is 2.